The number of alkyl halides is 2. The van der Waals surface area contributed by atoms with E-state index in [1.807, 2.05) is 0 Å². The summed E-state index contributed by atoms with van der Waals surface area (Å²) in [6.45, 7) is 1.63. The van der Waals surface area contributed by atoms with E-state index in [0.717, 1.165) is 6.20 Å². The molecule has 104 valence electrons. The molecule has 0 aliphatic rings. The Morgan fingerprint density at radius 2 is 2.26 bits per heavy atom. The molecule has 0 bridgehead atoms. The Morgan fingerprint density at radius 3 is 2.74 bits per heavy atom. The van der Waals surface area contributed by atoms with Gasteiger partial charge in [0.1, 0.15) is 5.56 Å². The number of carbonyl (C=O) groups is 1. The predicted octanol–water partition coefficient (Wildman–Crippen LogP) is 2.69. The van der Waals surface area contributed by atoms with Crippen LogP contribution in [0.25, 0.3) is 0 Å². The van der Waals surface area contributed by atoms with E-state index < -0.39 is 40.1 Å². The van der Waals surface area contributed by atoms with Crippen LogP contribution in [-0.2, 0) is 16.0 Å². The van der Waals surface area contributed by atoms with Gasteiger partial charge in [0, 0.05) is 6.20 Å². The lowest BCUT2D eigenvalue weighted by atomic mass is 10.1. The van der Waals surface area contributed by atoms with E-state index in [2.05, 4.69) is 9.72 Å². The second-order valence-corrected chi connectivity index (χ2v) is 3.73. The van der Waals surface area contributed by atoms with Crippen molar-refractivity contribution in [3.05, 3.63) is 32.6 Å². The van der Waals surface area contributed by atoms with Gasteiger partial charge in [0.15, 0.2) is 0 Å². The topological polar surface area (TPSA) is 82.3 Å². The number of pyridine rings is 1. The van der Waals surface area contributed by atoms with Crippen molar-refractivity contribution in [1.82, 2.24) is 4.98 Å². The molecule has 9 heteroatoms. The minimum atomic E-state index is -3.15. The van der Waals surface area contributed by atoms with E-state index in [1.165, 1.54) is 0 Å². The van der Waals surface area contributed by atoms with E-state index in [0.29, 0.717) is 0 Å². The molecule has 0 aromatic carbocycles. The van der Waals surface area contributed by atoms with Crippen molar-refractivity contribution in [2.45, 2.75) is 19.8 Å². The largest absolute Gasteiger partial charge is 0.466 e. The first kappa shape index (κ1) is 15.2. The monoisotopic (exact) mass is 294 g/mol. The standard InChI is InChI=1S/C10H9ClF2N2O4/c1-2-19-6(16)3-5-4-14-9(11)8(15(17)18)7(5)10(12)13/h4,10H,2-3H2,1H3. The van der Waals surface area contributed by atoms with Crippen LogP contribution in [0.4, 0.5) is 14.5 Å². The molecular formula is C10H9ClF2N2O4. The van der Waals surface area contributed by atoms with Crippen LogP contribution < -0.4 is 0 Å². The predicted molar refractivity (Wildman–Crippen MR) is 61.2 cm³/mol. The summed E-state index contributed by atoms with van der Waals surface area (Å²) in [5, 5.41) is 10.1. The van der Waals surface area contributed by atoms with Crippen LogP contribution in [0.1, 0.15) is 24.5 Å². The zero-order chi connectivity index (χ0) is 14.6. The molecule has 6 nitrogen and oxygen atoms in total. The molecule has 19 heavy (non-hydrogen) atoms. The van der Waals surface area contributed by atoms with E-state index in [1.54, 1.807) is 6.92 Å². The summed E-state index contributed by atoms with van der Waals surface area (Å²) in [7, 11) is 0. The highest BCUT2D eigenvalue weighted by molar-refractivity contribution is 6.31. The maximum absolute atomic E-state index is 12.9. The smallest absolute Gasteiger partial charge is 0.315 e. The Bertz CT molecular complexity index is 511. The molecule has 0 spiro atoms. The maximum Gasteiger partial charge on any atom is 0.315 e. The molecule has 0 radical (unpaired) electrons. The summed E-state index contributed by atoms with van der Waals surface area (Å²) in [4.78, 5) is 24.4. The number of esters is 1. The fourth-order valence-electron chi connectivity index (χ4n) is 1.45. The highest BCUT2D eigenvalue weighted by Crippen LogP contribution is 2.36. The van der Waals surface area contributed by atoms with Crippen molar-refractivity contribution >= 4 is 23.3 Å². The fourth-order valence-corrected chi connectivity index (χ4v) is 1.67. The van der Waals surface area contributed by atoms with Crippen LogP contribution in [0.2, 0.25) is 5.15 Å². The Hall–Kier alpha value is -1.83. The van der Waals surface area contributed by atoms with Crippen molar-refractivity contribution in [2.75, 3.05) is 6.61 Å². The van der Waals surface area contributed by atoms with Crippen LogP contribution in [0, 0.1) is 10.1 Å². The Balaban J connectivity index is 3.28. The number of aromatic nitrogens is 1. The van der Waals surface area contributed by atoms with Crippen molar-refractivity contribution in [3.63, 3.8) is 0 Å². The van der Waals surface area contributed by atoms with Gasteiger partial charge in [-0.3, -0.25) is 14.9 Å². The number of halogens is 3. The SMILES string of the molecule is CCOC(=O)Cc1cnc(Cl)c([N+](=O)[O-])c1C(F)F. The quantitative estimate of drug-likeness (QED) is 0.361. The van der Waals surface area contributed by atoms with Crippen LogP contribution >= 0.6 is 11.6 Å². The first-order chi connectivity index (χ1) is 8.88. The second kappa shape index (κ2) is 6.37. The van der Waals surface area contributed by atoms with E-state index in [4.69, 9.17) is 11.6 Å². The van der Waals surface area contributed by atoms with E-state index >= 15 is 0 Å². The molecular weight excluding hydrogens is 286 g/mol. The number of rotatable bonds is 5. The molecule has 0 aliphatic heterocycles. The molecule has 0 unspecified atom stereocenters. The Kier molecular flexibility index (Phi) is 5.11. The number of ether oxygens (including phenoxy) is 1. The molecule has 0 saturated carbocycles. The summed E-state index contributed by atoms with van der Waals surface area (Å²) in [6, 6.07) is 0. The molecule has 1 aromatic rings. The molecule has 1 heterocycles. The normalized spacial score (nSPS) is 10.6. The van der Waals surface area contributed by atoms with Gasteiger partial charge >= 0.3 is 11.7 Å². The highest BCUT2D eigenvalue weighted by atomic mass is 35.5. The van der Waals surface area contributed by atoms with Crippen molar-refractivity contribution in [2.24, 2.45) is 0 Å². The molecule has 1 rings (SSSR count). The summed E-state index contributed by atoms with van der Waals surface area (Å²) in [6.07, 6.45) is -2.77. The lowest BCUT2D eigenvalue weighted by Crippen LogP contribution is -2.11. The zero-order valence-electron chi connectivity index (χ0n) is 9.73. The van der Waals surface area contributed by atoms with Gasteiger partial charge in [0.05, 0.1) is 18.0 Å². The van der Waals surface area contributed by atoms with Gasteiger partial charge < -0.3 is 4.74 Å². The van der Waals surface area contributed by atoms with Crippen molar-refractivity contribution in [3.8, 4) is 0 Å². The third kappa shape index (κ3) is 3.57. The Morgan fingerprint density at radius 1 is 1.63 bits per heavy atom. The molecule has 0 aliphatic carbocycles. The van der Waals surface area contributed by atoms with Crippen LogP contribution in [0.3, 0.4) is 0 Å². The van der Waals surface area contributed by atoms with Crippen molar-refractivity contribution < 1.29 is 23.2 Å². The van der Waals surface area contributed by atoms with Crippen LogP contribution in [0.15, 0.2) is 6.20 Å². The van der Waals surface area contributed by atoms with Gasteiger partial charge in [-0.05, 0) is 12.5 Å². The summed E-state index contributed by atoms with van der Waals surface area (Å²) < 4.78 is 30.4. The average Bonchev–Trinajstić information content (AvgIpc) is 2.30. The fraction of sp³-hybridized carbons (Fsp3) is 0.400. The number of hydrogen-bond donors (Lipinski definition) is 0. The summed E-state index contributed by atoms with van der Waals surface area (Å²) >= 11 is 5.44. The number of nitro groups is 1. The summed E-state index contributed by atoms with van der Waals surface area (Å²) in [5.74, 6) is -0.775. The highest BCUT2D eigenvalue weighted by Gasteiger charge is 2.30. The third-order valence-corrected chi connectivity index (χ3v) is 2.45. The molecule has 0 fully saturated rings. The molecule has 1 aromatic heterocycles. The Labute approximate surface area is 111 Å². The number of carbonyl (C=O) groups excluding carboxylic acids is 1. The van der Waals surface area contributed by atoms with Gasteiger partial charge in [-0.1, -0.05) is 11.6 Å². The molecule has 0 atom stereocenters. The lowest BCUT2D eigenvalue weighted by molar-refractivity contribution is -0.386. The van der Waals surface area contributed by atoms with Gasteiger partial charge in [0.2, 0.25) is 5.15 Å². The van der Waals surface area contributed by atoms with Gasteiger partial charge in [-0.2, -0.15) is 0 Å². The number of hydrogen-bond acceptors (Lipinski definition) is 5. The molecule has 0 N–H and O–H groups in total. The van der Waals surface area contributed by atoms with Crippen molar-refractivity contribution in [1.29, 1.82) is 0 Å². The first-order valence-electron chi connectivity index (χ1n) is 5.13. The first-order valence-corrected chi connectivity index (χ1v) is 5.51. The van der Waals surface area contributed by atoms with Gasteiger partial charge in [-0.25, -0.2) is 13.8 Å². The van der Waals surface area contributed by atoms with Crippen LogP contribution in [-0.4, -0.2) is 22.5 Å². The minimum Gasteiger partial charge on any atom is -0.466 e. The average molecular weight is 295 g/mol. The minimum absolute atomic E-state index is 0.0754. The maximum atomic E-state index is 12.9. The lowest BCUT2D eigenvalue weighted by Gasteiger charge is -2.09. The van der Waals surface area contributed by atoms with E-state index in [-0.39, 0.29) is 12.2 Å². The number of nitrogens with zero attached hydrogens (tertiary/aromatic N) is 2. The second-order valence-electron chi connectivity index (χ2n) is 3.38. The third-order valence-electron chi connectivity index (χ3n) is 2.17. The van der Waals surface area contributed by atoms with Gasteiger partial charge in [0.25, 0.3) is 6.43 Å². The van der Waals surface area contributed by atoms with Gasteiger partial charge in [-0.15, -0.1) is 0 Å². The molecule has 0 amide bonds. The van der Waals surface area contributed by atoms with E-state index in [9.17, 15) is 23.7 Å². The summed E-state index contributed by atoms with van der Waals surface area (Å²) in [5.41, 5.74) is -2.17. The molecule has 0 saturated heterocycles. The van der Waals surface area contributed by atoms with Crippen LogP contribution in [0.5, 0.6) is 0 Å². The zero-order valence-corrected chi connectivity index (χ0v) is 10.5.